The number of aromatic nitrogens is 3. The van der Waals surface area contributed by atoms with Crippen LogP contribution >= 0.6 is 11.6 Å². The zero-order chi connectivity index (χ0) is 31.3. The highest BCUT2D eigenvalue weighted by molar-refractivity contribution is 6.31. The number of rotatable bonds is 8. The molecule has 0 radical (unpaired) electrons. The van der Waals surface area contributed by atoms with Crippen molar-refractivity contribution in [1.29, 1.82) is 0 Å². The number of alkyl halides is 2. The van der Waals surface area contributed by atoms with Gasteiger partial charge in [0.1, 0.15) is 23.7 Å². The van der Waals surface area contributed by atoms with Crippen LogP contribution < -0.4 is 4.74 Å². The maximum absolute atomic E-state index is 14.4. The fourth-order valence-corrected chi connectivity index (χ4v) is 7.28. The van der Waals surface area contributed by atoms with Crippen LogP contribution in [0.3, 0.4) is 0 Å². The van der Waals surface area contributed by atoms with E-state index in [1.165, 1.54) is 7.05 Å². The third-order valence-corrected chi connectivity index (χ3v) is 9.71. The van der Waals surface area contributed by atoms with Gasteiger partial charge in [0.25, 0.3) is 6.43 Å². The summed E-state index contributed by atoms with van der Waals surface area (Å²) < 4.78 is 34.5. The molecule has 2 amide bonds. The molecule has 1 N–H and O–H groups in total. The van der Waals surface area contributed by atoms with E-state index < -0.39 is 29.8 Å². The number of aryl methyl sites for hydroxylation is 1. The molecule has 0 bridgehead atoms. The number of aliphatic carboxylic acids is 1. The molecule has 5 rings (SSSR count). The molecule has 2 aliphatic heterocycles. The number of fused-ring (bicyclic) bond motifs is 1. The summed E-state index contributed by atoms with van der Waals surface area (Å²) in [6.45, 7) is 6.31. The van der Waals surface area contributed by atoms with Gasteiger partial charge in [0.05, 0.1) is 17.4 Å². The third kappa shape index (κ3) is 5.82. The molecule has 234 valence electrons. The second-order valence-corrected chi connectivity index (χ2v) is 13.4. The summed E-state index contributed by atoms with van der Waals surface area (Å²) in [6, 6.07) is 2.62. The summed E-state index contributed by atoms with van der Waals surface area (Å²) in [5.74, 6) is -1.70. The molecule has 3 atom stereocenters. The lowest BCUT2D eigenvalue weighted by atomic mass is 9.66. The van der Waals surface area contributed by atoms with Crippen molar-refractivity contribution in [2.45, 2.75) is 78.4 Å². The Balaban J connectivity index is 1.55. The fourth-order valence-electron chi connectivity index (χ4n) is 7.03. The molecule has 2 aromatic rings. The predicted molar refractivity (Wildman–Crippen MR) is 153 cm³/mol. The first-order valence-electron chi connectivity index (χ1n) is 14.7. The number of benzene rings is 1. The van der Waals surface area contributed by atoms with Crippen LogP contribution in [0.15, 0.2) is 12.1 Å². The zero-order valence-electron chi connectivity index (χ0n) is 24.9. The molecule has 1 saturated carbocycles. The van der Waals surface area contributed by atoms with Crippen molar-refractivity contribution in [3.8, 4) is 5.75 Å². The van der Waals surface area contributed by atoms with Gasteiger partial charge in [-0.3, -0.25) is 14.4 Å². The van der Waals surface area contributed by atoms with Crippen LogP contribution in [-0.2, 0) is 34.5 Å². The van der Waals surface area contributed by atoms with E-state index >= 15 is 0 Å². The average Bonchev–Trinajstić information content (AvgIpc) is 3.44. The Hall–Kier alpha value is -3.28. The van der Waals surface area contributed by atoms with Crippen LogP contribution in [0.4, 0.5) is 8.78 Å². The topological polar surface area (TPSA) is 118 Å². The summed E-state index contributed by atoms with van der Waals surface area (Å²) in [4.78, 5) is 43.3. The molecular weight excluding hydrogens is 584 g/mol. The van der Waals surface area contributed by atoms with Crippen molar-refractivity contribution in [3.05, 3.63) is 39.7 Å². The van der Waals surface area contributed by atoms with Crippen LogP contribution in [0.2, 0.25) is 5.02 Å². The molecule has 13 heteroatoms. The van der Waals surface area contributed by atoms with E-state index in [1.807, 2.05) is 13.8 Å². The number of ether oxygens (including phenoxy) is 1. The first kappa shape index (κ1) is 31.2. The van der Waals surface area contributed by atoms with Gasteiger partial charge in [-0.1, -0.05) is 43.5 Å². The number of carboxylic acids is 1. The highest BCUT2D eigenvalue weighted by Gasteiger charge is 2.50. The van der Waals surface area contributed by atoms with E-state index in [1.54, 1.807) is 28.9 Å². The Labute approximate surface area is 254 Å². The minimum Gasteiger partial charge on any atom is -0.487 e. The van der Waals surface area contributed by atoms with E-state index in [-0.39, 0.29) is 48.3 Å². The molecule has 0 spiro atoms. The van der Waals surface area contributed by atoms with Gasteiger partial charge in [-0.2, -0.15) is 0 Å². The third-order valence-electron chi connectivity index (χ3n) is 9.36. The van der Waals surface area contributed by atoms with E-state index in [0.717, 1.165) is 23.1 Å². The summed E-state index contributed by atoms with van der Waals surface area (Å²) >= 11 is 6.68. The molecule has 3 heterocycles. The van der Waals surface area contributed by atoms with Gasteiger partial charge in [-0.15, -0.1) is 5.10 Å². The first-order chi connectivity index (χ1) is 20.2. The van der Waals surface area contributed by atoms with Gasteiger partial charge in [-0.05, 0) is 49.3 Å². The Bertz CT molecular complexity index is 1430. The number of hydrogen-bond donors (Lipinski definition) is 1. The van der Waals surface area contributed by atoms with Crippen molar-refractivity contribution < 1.29 is 33.0 Å². The molecule has 1 aromatic carbocycles. The molecular formula is C30H38ClF2N5O5. The van der Waals surface area contributed by atoms with Crippen LogP contribution in [-0.4, -0.2) is 67.3 Å². The van der Waals surface area contributed by atoms with Crippen molar-refractivity contribution in [2.24, 2.45) is 23.8 Å². The molecule has 43 heavy (non-hydrogen) atoms. The maximum Gasteiger partial charge on any atom is 0.310 e. The maximum atomic E-state index is 14.4. The minimum atomic E-state index is -2.80. The molecule has 1 unspecified atom stereocenters. The number of carboxylic acid groups (broad SMARTS) is 1. The summed E-state index contributed by atoms with van der Waals surface area (Å²) in [6.07, 6.45) is 0.277. The monoisotopic (exact) mass is 621 g/mol. The van der Waals surface area contributed by atoms with Crippen LogP contribution in [0.25, 0.3) is 0 Å². The largest absolute Gasteiger partial charge is 0.487 e. The van der Waals surface area contributed by atoms with Gasteiger partial charge in [0.15, 0.2) is 0 Å². The van der Waals surface area contributed by atoms with Gasteiger partial charge >= 0.3 is 5.97 Å². The number of likely N-dealkylation sites (tertiary alicyclic amines) is 1. The Morgan fingerprint density at radius 3 is 2.63 bits per heavy atom. The number of carbonyl (C=O) groups is 3. The van der Waals surface area contributed by atoms with Crippen molar-refractivity contribution >= 4 is 29.4 Å². The summed E-state index contributed by atoms with van der Waals surface area (Å²) in [7, 11) is 1.38. The van der Waals surface area contributed by atoms with Gasteiger partial charge < -0.3 is 19.6 Å². The SMILES string of the molecule is Cn1nnc(COc2ccc(Cl)c3c2[C@@H](CN2CC(C)(C)CC2=O)N(C(=O)C2CCCC[C@@]2(C)C(=O)O)CC3)c1C(F)F. The number of halogens is 3. The lowest BCUT2D eigenvalue weighted by Crippen LogP contribution is -2.52. The van der Waals surface area contributed by atoms with E-state index in [2.05, 4.69) is 10.3 Å². The quantitative estimate of drug-likeness (QED) is 0.443. The van der Waals surface area contributed by atoms with E-state index in [4.69, 9.17) is 16.3 Å². The molecule has 1 saturated heterocycles. The molecule has 2 fully saturated rings. The Morgan fingerprint density at radius 1 is 1.23 bits per heavy atom. The molecule has 1 aromatic heterocycles. The highest BCUT2D eigenvalue weighted by atomic mass is 35.5. The standard InChI is InChI=1S/C30H38ClF2N5O5/c1-29(2)13-23(39)37(16-29)14-21-24-17(10-12-38(21)27(40)18-7-5-6-11-30(18,3)28(41)42)19(31)8-9-22(24)43-15-20-25(26(32)33)36(4)35-34-20/h8-9,18,21,26H,5-7,10-16H2,1-4H3,(H,41,42)/t18?,21-,30-/m1/s1. The van der Waals surface area contributed by atoms with E-state index in [9.17, 15) is 28.3 Å². The lowest BCUT2D eigenvalue weighted by Gasteiger charge is -2.45. The highest BCUT2D eigenvalue weighted by Crippen LogP contribution is 2.47. The number of nitrogens with zero attached hydrogens (tertiary/aromatic N) is 5. The summed E-state index contributed by atoms with van der Waals surface area (Å²) in [5, 5.41) is 18.2. The molecule has 10 nitrogen and oxygen atoms in total. The summed E-state index contributed by atoms with van der Waals surface area (Å²) in [5.41, 5.74) is -0.489. The zero-order valence-corrected chi connectivity index (χ0v) is 25.7. The minimum absolute atomic E-state index is 0.0163. The van der Waals surface area contributed by atoms with Gasteiger partial charge in [0.2, 0.25) is 11.8 Å². The van der Waals surface area contributed by atoms with Crippen molar-refractivity contribution in [2.75, 3.05) is 19.6 Å². The van der Waals surface area contributed by atoms with Gasteiger partial charge in [-0.25, -0.2) is 13.5 Å². The van der Waals surface area contributed by atoms with E-state index in [0.29, 0.717) is 48.6 Å². The number of carbonyl (C=O) groups excluding carboxylic acids is 2. The van der Waals surface area contributed by atoms with Gasteiger partial charge in [0, 0.05) is 43.7 Å². The first-order valence-corrected chi connectivity index (χ1v) is 15.0. The number of amides is 2. The Morgan fingerprint density at radius 2 is 1.98 bits per heavy atom. The van der Waals surface area contributed by atoms with Crippen LogP contribution in [0.1, 0.15) is 87.9 Å². The lowest BCUT2D eigenvalue weighted by molar-refractivity contribution is -0.162. The van der Waals surface area contributed by atoms with Crippen LogP contribution in [0.5, 0.6) is 5.75 Å². The second kappa shape index (κ2) is 11.7. The van der Waals surface area contributed by atoms with Crippen molar-refractivity contribution in [1.82, 2.24) is 24.8 Å². The van der Waals surface area contributed by atoms with Crippen molar-refractivity contribution in [3.63, 3.8) is 0 Å². The Kier molecular flexibility index (Phi) is 8.45. The number of hydrogen-bond acceptors (Lipinski definition) is 6. The fraction of sp³-hybridized carbons (Fsp3) is 0.633. The predicted octanol–water partition coefficient (Wildman–Crippen LogP) is 4.95. The normalized spacial score (nSPS) is 25.3. The molecule has 1 aliphatic carbocycles. The second-order valence-electron chi connectivity index (χ2n) is 13.0. The average molecular weight is 622 g/mol. The molecule has 3 aliphatic rings. The smallest absolute Gasteiger partial charge is 0.310 e. The van der Waals surface area contributed by atoms with Crippen LogP contribution in [0, 0.1) is 16.7 Å².